The van der Waals surface area contributed by atoms with Gasteiger partial charge in [-0.05, 0) is 30.5 Å². The van der Waals surface area contributed by atoms with Crippen LogP contribution >= 0.6 is 0 Å². The molecular weight excluding hydrogens is 331 g/mol. The van der Waals surface area contributed by atoms with Crippen LogP contribution in [0.1, 0.15) is 37.0 Å². The first-order valence-corrected chi connectivity index (χ1v) is 8.80. The minimum atomic E-state index is -0.342. The number of carbonyl (C=O) groups excluding carboxylic acids is 2. The summed E-state index contributed by atoms with van der Waals surface area (Å²) >= 11 is 0. The van der Waals surface area contributed by atoms with Gasteiger partial charge in [0.15, 0.2) is 0 Å². The van der Waals surface area contributed by atoms with Gasteiger partial charge in [-0.25, -0.2) is 4.39 Å². The standard InChI is InChI=1S/C21H25FN2O2/c1-4-17-10-7-8-15(2)21(17)24(16(3)25)13-12-20(26)23-14-18-9-5-6-11-19(18)22/h5-11H,4,12-14H2,1-3H3,(H,23,26). The molecule has 2 amide bonds. The molecule has 2 rings (SSSR count). The molecule has 0 spiro atoms. The summed E-state index contributed by atoms with van der Waals surface area (Å²) in [5, 5.41) is 2.71. The number of aryl methyl sites for hydroxylation is 2. The number of para-hydroxylation sites is 1. The lowest BCUT2D eigenvalue weighted by Crippen LogP contribution is -2.34. The summed E-state index contributed by atoms with van der Waals surface area (Å²) in [5.41, 5.74) is 3.40. The second kappa shape index (κ2) is 9.13. The first kappa shape index (κ1) is 19.6. The van der Waals surface area contributed by atoms with Gasteiger partial charge in [0.1, 0.15) is 5.82 Å². The molecule has 0 heterocycles. The molecule has 0 aromatic heterocycles. The summed E-state index contributed by atoms with van der Waals surface area (Å²) < 4.78 is 13.6. The number of rotatable bonds is 7. The van der Waals surface area contributed by atoms with Crippen molar-refractivity contribution in [3.05, 3.63) is 65.0 Å². The van der Waals surface area contributed by atoms with E-state index in [0.29, 0.717) is 5.56 Å². The molecule has 26 heavy (non-hydrogen) atoms. The van der Waals surface area contributed by atoms with Crippen LogP contribution in [0.2, 0.25) is 0 Å². The molecule has 0 radical (unpaired) electrons. The third-order valence-corrected chi connectivity index (χ3v) is 4.35. The molecule has 2 aromatic carbocycles. The third kappa shape index (κ3) is 4.91. The molecule has 0 bridgehead atoms. The van der Waals surface area contributed by atoms with E-state index >= 15 is 0 Å². The van der Waals surface area contributed by atoms with Crippen molar-refractivity contribution >= 4 is 17.5 Å². The number of carbonyl (C=O) groups is 2. The number of hydrogen-bond acceptors (Lipinski definition) is 2. The first-order chi connectivity index (χ1) is 12.4. The number of amides is 2. The molecule has 2 aromatic rings. The third-order valence-electron chi connectivity index (χ3n) is 4.35. The Kier molecular flexibility index (Phi) is 6.89. The average Bonchev–Trinajstić information content (AvgIpc) is 2.62. The van der Waals surface area contributed by atoms with Crippen molar-refractivity contribution in [2.45, 2.75) is 40.2 Å². The van der Waals surface area contributed by atoms with E-state index < -0.39 is 0 Å². The summed E-state index contributed by atoms with van der Waals surface area (Å²) in [7, 11) is 0. The summed E-state index contributed by atoms with van der Waals surface area (Å²) in [6, 6.07) is 12.3. The van der Waals surface area contributed by atoms with Crippen LogP contribution in [0.5, 0.6) is 0 Å². The molecule has 0 aliphatic heterocycles. The number of nitrogens with one attached hydrogen (secondary N) is 1. The predicted octanol–water partition coefficient (Wildman–Crippen LogP) is 3.76. The van der Waals surface area contributed by atoms with E-state index in [1.54, 1.807) is 23.1 Å². The number of nitrogens with zero attached hydrogens (tertiary/aromatic N) is 1. The van der Waals surface area contributed by atoms with E-state index in [1.165, 1.54) is 13.0 Å². The van der Waals surface area contributed by atoms with Gasteiger partial charge in [0.25, 0.3) is 0 Å². The normalized spacial score (nSPS) is 10.5. The van der Waals surface area contributed by atoms with E-state index in [2.05, 4.69) is 5.32 Å². The summed E-state index contributed by atoms with van der Waals surface area (Å²) in [6.07, 6.45) is 0.964. The largest absolute Gasteiger partial charge is 0.352 e. The van der Waals surface area contributed by atoms with Gasteiger partial charge in [0.2, 0.25) is 11.8 Å². The van der Waals surface area contributed by atoms with Crippen LogP contribution in [0, 0.1) is 12.7 Å². The van der Waals surface area contributed by atoms with Crippen molar-refractivity contribution in [3.8, 4) is 0 Å². The first-order valence-electron chi connectivity index (χ1n) is 8.80. The van der Waals surface area contributed by atoms with Gasteiger partial charge in [-0.15, -0.1) is 0 Å². The second-order valence-electron chi connectivity index (χ2n) is 6.22. The molecular formula is C21H25FN2O2. The molecule has 0 fully saturated rings. The highest BCUT2D eigenvalue weighted by Crippen LogP contribution is 2.26. The number of hydrogen-bond donors (Lipinski definition) is 1. The Labute approximate surface area is 154 Å². The lowest BCUT2D eigenvalue weighted by atomic mass is 10.0. The van der Waals surface area contributed by atoms with Crippen molar-refractivity contribution < 1.29 is 14.0 Å². The van der Waals surface area contributed by atoms with Crippen LogP contribution in [0.25, 0.3) is 0 Å². The monoisotopic (exact) mass is 356 g/mol. The Bertz CT molecular complexity index is 789. The zero-order chi connectivity index (χ0) is 19.1. The molecule has 0 atom stereocenters. The second-order valence-corrected chi connectivity index (χ2v) is 6.22. The van der Waals surface area contributed by atoms with Crippen molar-refractivity contribution in [2.75, 3.05) is 11.4 Å². The highest BCUT2D eigenvalue weighted by molar-refractivity contribution is 5.94. The molecule has 138 valence electrons. The van der Waals surface area contributed by atoms with E-state index in [4.69, 9.17) is 0 Å². The Morgan fingerprint density at radius 2 is 1.77 bits per heavy atom. The topological polar surface area (TPSA) is 49.4 Å². The van der Waals surface area contributed by atoms with Crippen molar-refractivity contribution in [3.63, 3.8) is 0 Å². The van der Waals surface area contributed by atoms with Crippen LogP contribution < -0.4 is 10.2 Å². The van der Waals surface area contributed by atoms with Gasteiger partial charge >= 0.3 is 0 Å². The molecule has 1 N–H and O–H groups in total. The molecule has 0 saturated carbocycles. The van der Waals surface area contributed by atoms with Gasteiger partial charge in [-0.3, -0.25) is 9.59 Å². The van der Waals surface area contributed by atoms with E-state index in [9.17, 15) is 14.0 Å². The fourth-order valence-electron chi connectivity index (χ4n) is 2.96. The van der Waals surface area contributed by atoms with Crippen molar-refractivity contribution in [1.82, 2.24) is 5.32 Å². The maximum absolute atomic E-state index is 13.6. The highest BCUT2D eigenvalue weighted by Gasteiger charge is 2.18. The molecule has 0 unspecified atom stereocenters. The van der Waals surface area contributed by atoms with Gasteiger partial charge in [0.05, 0.1) is 0 Å². The fraction of sp³-hybridized carbons (Fsp3) is 0.333. The average molecular weight is 356 g/mol. The smallest absolute Gasteiger partial charge is 0.223 e. The van der Waals surface area contributed by atoms with Crippen LogP contribution in [0.15, 0.2) is 42.5 Å². The van der Waals surface area contributed by atoms with E-state index in [-0.39, 0.29) is 37.1 Å². The lowest BCUT2D eigenvalue weighted by Gasteiger charge is -2.25. The Balaban J connectivity index is 2.02. The van der Waals surface area contributed by atoms with Crippen molar-refractivity contribution in [1.29, 1.82) is 0 Å². The fourth-order valence-corrected chi connectivity index (χ4v) is 2.96. The van der Waals surface area contributed by atoms with Gasteiger partial charge in [-0.1, -0.05) is 43.3 Å². The quantitative estimate of drug-likeness (QED) is 0.821. The number of anilines is 1. The molecule has 4 nitrogen and oxygen atoms in total. The van der Waals surface area contributed by atoms with Gasteiger partial charge in [-0.2, -0.15) is 0 Å². The molecule has 0 aliphatic carbocycles. The lowest BCUT2D eigenvalue weighted by molar-refractivity contribution is -0.121. The molecule has 0 aliphatic rings. The molecule has 0 saturated heterocycles. The maximum atomic E-state index is 13.6. The van der Waals surface area contributed by atoms with Gasteiger partial charge in [0, 0.05) is 37.7 Å². The summed E-state index contributed by atoms with van der Waals surface area (Å²) in [4.78, 5) is 25.9. The van der Waals surface area contributed by atoms with Crippen LogP contribution in [0.4, 0.5) is 10.1 Å². The van der Waals surface area contributed by atoms with Gasteiger partial charge < -0.3 is 10.2 Å². The minimum absolute atomic E-state index is 0.101. The maximum Gasteiger partial charge on any atom is 0.223 e. The summed E-state index contributed by atoms with van der Waals surface area (Å²) in [5.74, 6) is -0.660. The predicted molar refractivity (Wildman–Crippen MR) is 101 cm³/mol. The highest BCUT2D eigenvalue weighted by atomic mass is 19.1. The van der Waals surface area contributed by atoms with E-state index in [1.807, 2.05) is 32.0 Å². The van der Waals surface area contributed by atoms with Crippen LogP contribution in [-0.2, 0) is 22.6 Å². The Hall–Kier alpha value is -2.69. The van der Waals surface area contributed by atoms with E-state index in [0.717, 1.165) is 23.2 Å². The summed E-state index contributed by atoms with van der Waals surface area (Å²) in [6.45, 7) is 5.93. The van der Waals surface area contributed by atoms with Crippen molar-refractivity contribution in [2.24, 2.45) is 0 Å². The Morgan fingerprint density at radius 1 is 1.08 bits per heavy atom. The number of halogens is 1. The zero-order valence-corrected chi connectivity index (χ0v) is 15.5. The molecule has 5 heteroatoms. The van der Waals surface area contributed by atoms with Crippen LogP contribution in [-0.4, -0.2) is 18.4 Å². The Morgan fingerprint density at radius 3 is 2.42 bits per heavy atom. The number of benzene rings is 2. The SMILES string of the molecule is CCc1cccc(C)c1N(CCC(=O)NCc1ccccc1F)C(C)=O. The minimum Gasteiger partial charge on any atom is -0.352 e. The van der Waals surface area contributed by atoms with Crippen LogP contribution in [0.3, 0.4) is 0 Å². The zero-order valence-electron chi connectivity index (χ0n) is 15.5.